The molecule has 0 saturated heterocycles. The lowest BCUT2D eigenvalue weighted by Crippen LogP contribution is -1.94. The summed E-state index contributed by atoms with van der Waals surface area (Å²) in [6.07, 6.45) is 9.70. The van der Waals surface area contributed by atoms with Gasteiger partial charge in [0, 0.05) is 0 Å². The molecule has 0 atom stereocenters. The van der Waals surface area contributed by atoms with Crippen LogP contribution in [0.25, 0.3) is 0 Å². The molecule has 0 aromatic carbocycles. The van der Waals surface area contributed by atoms with E-state index in [9.17, 15) is 0 Å². The van der Waals surface area contributed by atoms with Gasteiger partial charge in [-0.1, -0.05) is 0 Å². The minimum absolute atomic E-state index is 1.02. The lowest BCUT2D eigenvalue weighted by Gasteiger charge is -2.04. The Hall–Kier alpha value is -0.720. The molecule has 0 radical (unpaired) electrons. The lowest BCUT2D eigenvalue weighted by atomic mass is 10.4. The molecule has 0 saturated carbocycles. The molecule has 1 aliphatic heterocycles. The summed E-state index contributed by atoms with van der Waals surface area (Å²) in [4.78, 5) is 0. The molecule has 0 spiro atoms. The number of hydrogen-bond acceptors (Lipinski definition) is 1. The largest absolute Gasteiger partial charge is 0.530 e. The summed E-state index contributed by atoms with van der Waals surface area (Å²) in [7, 11) is 0. The fourth-order valence-electron chi connectivity index (χ4n) is 0.361. The highest BCUT2D eigenvalue weighted by molar-refractivity contribution is 4.94. The second kappa shape index (κ2) is 1.65. The normalized spacial score (nSPS) is 17.3. The topological polar surface area (TPSA) is 12.0 Å². The number of hydrogen-bond donors (Lipinski definition) is 1. The van der Waals surface area contributed by atoms with Crippen molar-refractivity contribution in [3.8, 4) is 0 Å². The maximum absolute atomic E-state index is 2.82. The maximum Gasteiger partial charge on any atom is -0.0474 e. The van der Waals surface area contributed by atoms with Gasteiger partial charge in [0.05, 0.1) is 0 Å². The second-order valence-corrected chi connectivity index (χ2v) is 1.13. The van der Waals surface area contributed by atoms with Crippen molar-refractivity contribution in [3.63, 3.8) is 0 Å². The maximum atomic E-state index is 2.82. The van der Waals surface area contributed by atoms with Gasteiger partial charge in [-0.15, -0.1) is 6.08 Å². The van der Waals surface area contributed by atoms with Gasteiger partial charge in [0.2, 0.25) is 0 Å². The summed E-state index contributed by atoms with van der Waals surface area (Å²) >= 11 is 0. The third-order valence-electron chi connectivity index (χ3n) is 0.641. The van der Waals surface area contributed by atoms with Gasteiger partial charge in [-0.3, -0.25) is 0 Å². The van der Waals surface area contributed by atoms with Crippen LogP contribution in [0.4, 0.5) is 0 Å². The van der Waals surface area contributed by atoms with E-state index in [0.29, 0.717) is 0 Å². The number of allylic oxidation sites excluding steroid dienone is 2. The summed E-state index contributed by atoms with van der Waals surface area (Å²) in [5, 5.41) is 2.80. The van der Waals surface area contributed by atoms with Gasteiger partial charge in [-0.25, -0.2) is 0 Å². The van der Waals surface area contributed by atoms with E-state index in [0.717, 1.165) is 6.42 Å². The van der Waals surface area contributed by atoms with E-state index >= 15 is 0 Å². The van der Waals surface area contributed by atoms with E-state index in [1.807, 2.05) is 18.4 Å². The molecule has 0 aromatic heterocycles. The summed E-state index contributed by atoms with van der Waals surface area (Å²) in [5.74, 6) is 0. The molecular formula is C5H6N-. The zero-order chi connectivity index (χ0) is 4.24. The number of rotatable bonds is 0. The standard InChI is InChI=1S/C5H6N/c1-2-4-6-5-3-1/h2-4,6H,1H2/q-1. The Morgan fingerprint density at radius 3 is 2.83 bits per heavy atom. The van der Waals surface area contributed by atoms with Gasteiger partial charge >= 0.3 is 0 Å². The van der Waals surface area contributed by atoms with Crippen molar-refractivity contribution in [2.45, 2.75) is 6.42 Å². The second-order valence-electron chi connectivity index (χ2n) is 1.13. The van der Waals surface area contributed by atoms with Crippen LogP contribution in [0.3, 0.4) is 0 Å². The molecule has 0 aromatic rings. The molecule has 1 aliphatic rings. The first-order chi connectivity index (χ1) is 3.00. The molecule has 1 rings (SSSR count). The summed E-state index contributed by atoms with van der Waals surface area (Å²) < 4.78 is 0. The Morgan fingerprint density at radius 2 is 2.67 bits per heavy atom. The van der Waals surface area contributed by atoms with Gasteiger partial charge in [0.15, 0.2) is 0 Å². The average Bonchev–Trinajstić information content (AvgIpc) is 1.72. The van der Waals surface area contributed by atoms with E-state index in [4.69, 9.17) is 0 Å². The van der Waals surface area contributed by atoms with Gasteiger partial charge in [-0.05, 0) is 6.42 Å². The van der Waals surface area contributed by atoms with Gasteiger partial charge in [-0.2, -0.15) is 18.5 Å². The van der Waals surface area contributed by atoms with E-state index in [-0.39, 0.29) is 0 Å². The zero-order valence-electron chi connectivity index (χ0n) is 3.44. The number of nitrogens with one attached hydrogen (secondary N) is 1. The Balaban J connectivity index is 2.40. The van der Waals surface area contributed by atoms with Crippen LogP contribution in [0.1, 0.15) is 6.42 Å². The molecule has 0 aliphatic carbocycles. The van der Waals surface area contributed by atoms with Crippen molar-refractivity contribution in [2.24, 2.45) is 0 Å². The van der Waals surface area contributed by atoms with Gasteiger partial charge in [0.1, 0.15) is 0 Å². The molecule has 1 heteroatoms. The average molecular weight is 80.1 g/mol. The number of dihydropyridines is 1. The molecule has 1 heterocycles. The van der Waals surface area contributed by atoms with Crippen molar-refractivity contribution in [1.82, 2.24) is 5.32 Å². The Labute approximate surface area is 37.4 Å². The van der Waals surface area contributed by atoms with Crippen LogP contribution in [-0.4, -0.2) is 0 Å². The molecule has 6 heavy (non-hydrogen) atoms. The van der Waals surface area contributed by atoms with E-state index in [1.54, 1.807) is 0 Å². The van der Waals surface area contributed by atoms with Crippen LogP contribution in [-0.2, 0) is 0 Å². The van der Waals surface area contributed by atoms with E-state index in [1.165, 1.54) is 0 Å². The first-order valence-corrected chi connectivity index (χ1v) is 1.98. The van der Waals surface area contributed by atoms with Crippen molar-refractivity contribution in [3.05, 3.63) is 24.6 Å². The van der Waals surface area contributed by atoms with Crippen LogP contribution < -0.4 is 5.32 Å². The zero-order valence-corrected chi connectivity index (χ0v) is 3.44. The molecule has 0 bridgehead atoms. The minimum Gasteiger partial charge on any atom is -0.530 e. The van der Waals surface area contributed by atoms with E-state index in [2.05, 4.69) is 11.5 Å². The molecule has 1 N–H and O–H groups in total. The molecular weight excluding hydrogens is 74.1 g/mol. The van der Waals surface area contributed by atoms with Crippen LogP contribution >= 0.6 is 0 Å². The van der Waals surface area contributed by atoms with Crippen LogP contribution in [0, 0.1) is 6.20 Å². The SMILES string of the molecule is [C-]1=CCC=CN1. The summed E-state index contributed by atoms with van der Waals surface area (Å²) in [5.41, 5.74) is 0. The molecule has 0 unspecified atom stereocenters. The van der Waals surface area contributed by atoms with E-state index < -0.39 is 0 Å². The fraction of sp³-hybridized carbons (Fsp3) is 0.200. The Bertz CT molecular complexity index is 61.9. The Morgan fingerprint density at radius 1 is 1.67 bits per heavy atom. The third-order valence-corrected chi connectivity index (χ3v) is 0.641. The highest BCUT2D eigenvalue weighted by Gasteiger charge is 1.63. The molecule has 1 nitrogen and oxygen atoms in total. The first-order valence-electron chi connectivity index (χ1n) is 1.98. The third kappa shape index (κ3) is 0.612. The molecule has 0 fully saturated rings. The van der Waals surface area contributed by atoms with Crippen molar-refractivity contribution in [2.75, 3.05) is 0 Å². The minimum atomic E-state index is 1.02. The fourth-order valence-corrected chi connectivity index (χ4v) is 0.361. The van der Waals surface area contributed by atoms with Crippen molar-refractivity contribution >= 4 is 0 Å². The van der Waals surface area contributed by atoms with Crippen molar-refractivity contribution < 1.29 is 0 Å². The van der Waals surface area contributed by atoms with Crippen LogP contribution in [0.5, 0.6) is 0 Å². The summed E-state index contributed by atoms with van der Waals surface area (Å²) in [6, 6.07) is 0. The highest BCUT2D eigenvalue weighted by atomic mass is 14.8. The van der Waals surface area contributed by atoms with Gasteiger partial charge in [0.25, 0.3) is 0 Å². The molecule has 32 valence electrons. The Kier molecular flexibility index (Phi) is 0.955. The quantitative estimate of drug-likeness (QED) is 0.424. The van der Waals surface area contributed by atoms with Gasteiger partial charge < -0.3 is 5.32 Å². The predicted molar refractivity (Wildman–Crippen MR) is 24.7 cm³/mol. The monoisotopic (exact) mass is 80.1 g/mol. The highest BCUT2D eigenvalue weighted by Crippen LogP contribution is 1.85. The summed E-state index contributed by atoms with van der Waals surface area (Å²) in [6.45, 7) is 0. The smallest absolute Gasteiger partial charge is 0.0474 e. The molecule has 0 amide bonds. The van der Waals surface area contributed by atoms with Crippen LogP contribution in [0.15, 0.2) is 18.4 Å². The predicted octanol–water partition coefficient (Wildman–Crippen LogP) is 0.810. The lowest BCUT2D eigenvalue weighted by molar-refractivity contribution is 1.07. The van der Waals surface area contributed by atoms with Crippen molar-refractivity contribution in [1.29, 1.82) is 0 Å². The van der Waals surface area contributed by atoms with Crippen LogP contribution in [0.2, 0.25) is 0 Å². The first kappa shape index (κ1) is 3.47.